The van der Waals surface area contributed by atoms with Gasteiger partial charge in [0.05, 0.1) is 19.4 Å². The third-order valence-corrected chi connectivity index (χ3v) is 5.96. The average molecular weight is 852 g/mol. The number of nitrogen functional groups attached to an aromatic ring is 1. The van der Waals surface area contributed by atoms with Crippen molar-refractivity contribution in [3.8, 4) is 0 Å². The Morgan fingerprint density at radius 3 is 1.46 bits per heavy atom. The first kappa shape index (κ1) is 48.2. The van der Waals surface area contributed by atoms with Crippen LogP contribution in [0.3, 0.4) is 0 Å². The molecule has 0 aliphatic carbocycles. The number of aromatic amines is 9. The van der Waals surface area contributed by atoms with E-state index in [4.69, 9.17) is 21.1 Å². The Labute approximate surface area is 326 Å². The molecule has 5 heterocycles. The molecule has 0 fully saturated rings. The summed E-state index contributed by atoms with van der Waals surface area (Å²) in [6.45, 7) is 3.69. The molecule has 5 aromatic rings. The molecule has 0 unspecified atom stereocenters. The van der Waals surface area contributed by atoms with Gasteiger partial charge >= 0.3 is 52.6 Å². The van der Waals surface area contributed by atoms with E-state index in [-0.39, 0.29) is 40.5 Å². The number of hydrogen-bond acceptors (Lipinski definition) is 18. The maximum absolute atomic E-state index is 11.1. The number of H-pyrrole nitrogens is 9. The molecule has 0 bridgehead atoms. The fourth-order valence-electron chi connectivity index (χ4n) is 3.27. The van der Waals surface area contributed by atoms with Crippen LogP contribution in [0.15, 0.2) is 69.2 Å². The fourth-order valence-corrected chi connectivity index (χ4v) is 3.42. The minimum Gasteiger partial charge on any atom is -0.478 e. The van der Waals surface area contributed by atoms with Crippen LogP contribution in [-0.2, 0) is 9.47 Å². The molecule has 0 spiro atoms. The number of nitrogens with one attached hydrogen (secondary N) is 9. The van der Waals surface area contributed by atoms with Gasteiger partial charge in [-0.25, -0.2) is 48.1 Å². The standard InChI is InChI=1S/C7H8N2O4.C7H8N2O3S.C5H5N3O3.2C5H4N2O4/c1-2-13-6(11)4-3-8-7(12)9-5(4)10;1-2-12-6(11)4-3-8-7(13)9-5(4)10;6-3-2(4(9)10)1-7-5(11)8-3;8-3-2(4(9)10)1-6-5(11)7-3;8-3-1-2(4(9)10)6-5(11)7-3/h3H,2H2,1H3,(H2,8,9,10,12);3H,2H2,1H3,(H2,8,9,10,13);1H,(H,9,10)(H3,6,7,8,11);2*1H,(H,9,10)(H2,6,7,8,11). The number of carboxylic acids is 3. The molecule has 5 aromatic heterocycles. The number of nitrogens with two attached hydrogens (primary N) is 1. The summed E-state index contributed by atoms with van der Waals surface area (Å²) in [5.74, 6) is -5.52. The lowest BCUT2D eigenvalue weighted by atomic mass is 10.3. The maximum atomic E-state index is 11.1. The Hall–Kier alpha value is -8.83. The van der Waals surface area contributed by atoms with Crippen molar-refractivity contribution in [3.05, 3.63) is 147 Å². The summed E-state index contributed by atoms with van der Waals surface area (Å²) in [4.78, 5) is 159. The number of esters is 2. The number of ether oxygens (including phenoxy) is 2. The number of anilines is 1. The van der Waals surface area contributed by atoms with Gasteiger partial charge in [0.1, 0.15) is 33.8 Å². The van der Waals surface area contributed by atoms with Crippen LogP contribution >= 0.6 is 12.2 Å². The van der Waals surface area contributed by atoms with Gasteiger partial charge in [0.2, 0.25) is 0 Å². The zero-order chi connectivity index (χ0) is 45.0. The van der Waals surface area contributed by atoms with E-state index >= 15 is 0 Å². The number of aromatic carboxylic acids is 3. The lowest BCUT2D eigenvalue weighted by Crippen LogP contribution is -2.27. The summed E-state index contributed by atoms with van der Waals surface area (Å²) in [5, 5.41) is 25.0. The van der Waals surface area contributed by atoms with Crippen molar-refractivity contribution in [2.45, 2.75) is 13.8 Å². The minimum atomic E-state index is -1.37. The molecule has 29 nitrogen and oxygen atoms in total. The van der Waals surface area contributed by atoms with E-state index in [1.54, 1.807) is 18.8 Å². The molecule has 30 heteroatoms. The van der Waals surface area contributed by atoms with E-state index in [0.717, 1.165) is 24.7 Å². The number of carbonyl (C=O) groups excluding carboxylic acids is 2. The van der Waals surface area contributed by atoms with Crippen molar-refractivity contribution >= 4 is 47.9 Å². The highest BCUT2D eigenvalue weighted by atomic mass is 32.1. The molecule has 5 rings (SSSR count). The monoisotopic (exact) mass is 851 g/mol. The molecule has 0 aromatic carbocycles. The fraction of sp³-hybridized carbons (Fsp3) is 0.138. The molecule has 0 radical (unpaired) electrons. The van der Waals surface area contributed by atoms with E-state index in [2.05, 4.69) is 46.6 Å². The van der Waals surface area contributed by atoms with E-state index in [1.165, 1.54) is 6.20 Å². The van der Waals surface area contributed by atoms with Gasteiger partial charge < -0.3 is 50.5 Å². The summed E-state index contributed by atoms with van der Waals surface area (Å²) in [6, 6.07) is 0.795. The summed E-state index contributed by atoms with van der Waals surface area (Å²) in [7, 11) is 0. The van der Waals surface area contributed by atoms with Gasteiger partial charge in [0.15, 0.2) is 4.77 Å². The van der Waals surface area contributed by atoms with E-state index in [1.807, 2.05) is 19.9 Å². The van der Waals surface area contributed by atoms with E-state index in [9.17, 15) is 62.3 Å². The minimum absolute atomic E-state index is 0.0737. The number of nitrogens with zero attached hydrogens (tertiary/aromatic N) is 1. The Kier molecular flexibility index (Phi) is 18.9. The Balaban J connectivity index is 0.000000370. The highest BCUT2D eigenvalue weighted by Crippen LogP contribution is 2.01. The molecule has 0 atom stereocenters. The van der Waals surface area contributed by atoms with Crippen LogP contribution in [0.1, 0.15) is 65.8 Å². The zero-order valence-corrected chi connectivity index (χ0v) is 30.5. The van der Waals surface area contributed by atoms with Crippen LogP contribution in [0.25, 0.3) is 0 Å². The molecular weight excluding hydrogens is 822 g/mol. The normalized spacial score (nSPS) is 9.53. The van der Waals surface area contributed by atoms with Crippen LogP contribution < -0.4 is 50.7 Å². The summed E-state index contributed by atoms with van der Waals surface area (Å²) >= 11 is 4.65. The van der Waals surface area contributed by atoms with Crippen molar-refractivity contribution in [1.29, 1.82) is 0 Å². The topological polar surface area (TPSA) is 482 Å². The largest absolute Gasteiger partial charge is 0.478 e. The van der Waals surface area contributed by atoms with Crippen LogP contribution in [-0.4, -0.2) is 108 Å². The third-order valence-electron chi connectivity index (χ3n) is 5.74. The zero-order valence-electron chi connectivity index (χ0n) is 29.7. The third kappa shape index (κ3) is 16.6. The number of carbonyl (C=O) groups is 5. The molecule has 14 N–H and O–H groups in total. The molecular formula is C29H29N11O18S. The molecule has 0 saturated carbocycles. The Morgan fingerprint density at radius 2 is 1.07 bits per heavy atom. The maximum Gasteiger partial charge on any atom is 0.352 e. The van der Waals surface area contributed by atoms with Crippen molar-refractivity contribution < 1.29 is 48.8 Å². The Morgan fingerprint density at radius 1 is 0.610 bits per heavy atom. The summed E-state index contributed by atoms with van der Waals surface area (Å²) < 4.78 is 9.38. The molecule has 0 saturated heterocycles. The molecule has 0 amide bonds. The quantitative estimate of drug-likeness (QED) is 0.0556. The van der Waals surface area contributed by atoms with Gasteiger partial charge in [-0.3, -0.25) is 44.1 Å². The summed E-state index contributed by atoms with van der Waals surface area (Å²) in [6.07, 6.45) is 4.03. The van der Waals surface area contributed by atoms with Gasteiger partial charge in [-0.2, -0.15) is 0 Å². The van der Waals surface area contributed by atoms with Crippen LogP contribution in [0.2, 0.25) is 0 Å². The SMILES string of the molecule is CCOC(=O)c1c[nH]c(=O)[nH]c1=O.CCOC(=O)c1c[nH]c(=S)[nH]c1=O.Nc1[nH]c(=O)ncc1C(=O)O.O=C(O)c1c[nH]c(=O)[nH]c1=O.O=C(O)c1cc(=O)[nH]c(=O)[nH]1. The van der Waals surface area contributed by atoms with Crippen LogP contribution in [0, 0.1) is 4.77 Å². The number of rotatable bonds is 7. The first-order valence-electron chi connectivity index (χ1n) is 15.3. The van der Waals surface area contributed by atoms with E-state index in [0.29, 0.717) is 0 Å². The molecule has 59 heavy (non-hydrogen) atoms. The van der Waals surface area contributed by atoms with Crippen molar-refractivity contribution in [2.24, 2.45) is 0 Å². The highest BCUT2D eigenvalue weighted by Gasteiger charge is 2.12. The first-order valence-corrected chi connectivity index (χ1v) is 15.7. The average Bonchev–Trinajstić information content (AvgIpc) is 3.12. The lowest BCUT2D eigenvalue weighted by molar-refractivity contribution is 0.0514. The predicted octanol–water partition coefficient (Wildman–Crippen LogP) is -3.58. The van der Waals surface area contributed by atoms with Crippen LogP contribution in [0.5, 0.6) is 0 Å². The van der Waals surface area contributed by atoms with Crippen molar-refractivity contribution in [1.82, 2.24) is 49.8 Å². The number of carboxylic acid groups (broad SMARTS) is 3. The second-order valence-corrected chi connectivity index (χ2v) is 10.2. The van der Waals surface area contributed by atoms with Crippen molar-refractivity contribution in [3.63, 3.8) is 0 Å². The second-order valence-electron chi connectivity index (χ2n) is 9.83. The van der Waals surface area contributed by atoms with Gasteiger partial charge in [-0.05, 0) is 26.1 Å². The first-order chi connectivity index (χ1) is 27.6. The van der Waals surface area contributed by atoms with Gasteiger partial charge in [-0.1, -0.05) is 0 Å². The predicted molar refractivity (Wildman–Crippen MR) is 197 cm³/mol. The number of aromatic nitrogens is 10. The Bertz CT molecular complexity index is 2750. The van der Waals surface area contributed by atoms with Crippen LogP contribution in [0.4, 0.5) is 5.82 Å². The highest BCUT2D eigenvalue weighted by molar-refractivity contribution is 7.71. The molecule has 0 aliphatic heterocycles. The van der Waals surface area contributed by atoms with Gasteiger partial charge in [0, 0.05) is 24.7 Å². The lowest BCUT2D eigenvalue weighted by Gasteiger charge is -1.98. The summed E-state index contributed by atoms with van der Waals surface area (Å²) in [5.41, 5.74) is -2.02. The molecule has 314 valence electrons. The molecule has 0 aliphatic rings. The van der Waals surface area contributed by atoms with Gasteiger partial charge in [0.25, 0.3) is 22.2 Å². The smallest absolute Gasteiger partial charge is 0.352 e. The van der Waals surface area contributed by atoms with Crippen molar-refractivity contribution in [2.75, 3.05) is 18.9 Å². The van der Waals surface area contributed by atoms with E-state index < -0.39 is 86.1 Å². The second kappa shape index (κ2) is 23.2. The van der Waals surface area contributed by atoms with Gasteiger partial charge in [-0.15, -0.1) is 0 Å². The number of hydrogen-bond donors (Lipinski definition) is 13.